The number of aromatic nitrogens is 3. The van der Waals surface area contributed by atoms with Crippen LogP contribution in [-0.4, -0.2) is 86.9 Å². The molecule has 0 unspecified atom stereocenters. The highest BCUT2D eigenvalue weighted by Gasteiger charge is 2.32. The lowest BCUT2D eigenvalue weighted by atomic mass is 9.98. The van der Waals surface area contributed by atoms with Crippen LogP contribution in [0.25, 0.3) is 27.7 Å². The van der Waals surface area contributed by atoms with Gasteiger partial charge in [-0.05, 0) is 62.3 Å². The number of rotatable bonds is 3. The van der Waals surface area contributed by atoms with Gasteiger partial charge in [0.2, 0.25) is 0 Å². The van der Waals surface area contributed by atoms with Crippen LogP contribution in [0, 0.1) is 5.82 Å². The lowest BCUT2D eigenvalue weighted by Crippen LogP contribution is -2.49. The molecular weight excluding hydrogens is 509 g/mol. The summed E-state index contributed by atoms with van der Waals surface area (Å²) >= 11 is 0. The Balaban J connectivity index is 1.26. The van der Waals surface area contributed by atoms with Crippen molar-refractivity contribution < 1.29 is 14.0 Å². The zero-order valence-electron chi connectivity index (χ0n) is 22.7. The minimum Gasteiger partial charge on any atom is -0.348 e. The van der Waals surface area contributed by atoms with Crippen LogP contribution in [0.3, 0.4) is 0 Å². The number of pyridine rings is 1. The number of halogens is 1. The predicted octanol–water partition coefficient (Wildman–Crippen LogP) is 3.43. The van der Waals surface area contributed by atoms with Crippen LogP contribution in [-0.2, 0) is 17.9 Å². The Morgan fingerprint density at radius 2 is 1.93 bits per heavy atom. The fraction of sp³-hybridized carbons (Fsp3) is 0.367. The normalized spacial score (nSPS) is 18.4. The fourth-order valence-electron chi connectivity index (χ4n) is 6.58. The molecule has 6 heterocycles. The highest BCUT2D eigenvalue weighted by atomic mass is 19.1. The Morgan fingerprint density at radius 3 is 2.73 bits per heavy atom. The number of piperidine rings is 1. The van der Waals surface area contributed by atoms with Gasteiger partial charge >= 0.3 is 6.03 Å². The van der Waals surface area contributed by atoms with Gasteiger partial charge in [-0.15, -0.1) is 0 Å². The first-order valence-electron chi connectivity index (χ1n) is 13.8. The Labute approximate surface area is 231 Å². The van der Waals surface area contributed by atoms with E-state index in [1.165, 1.54) is 0 Å². The van der Waals surface area contributed by atoms with Crippen molar-refractivity contribution in [2.45, 2.75) is 32.0 Å². The average molecular weight is 542 g/mol. The van der Waals surface area contributed by atoms with Gasteiger partial charge in [0.15, 0.2) is 0 Å². The van der Waals surface area contributed by atoms with Gasteiger partial charge in [-0.2, -0.15) is 0 Å². The van der Waals surface area contributed by atoms with E-state index in [1.54, 1.807) is 18.3 Å². The summed E-state index contributed by atoms with van der Waals surface area (Å²) < 4.78 is 19.2. The van der Waals surface area contributed by atoms with Crippen molar-refractivity contribution in [3.63, 3.8) is 0 Å². The molecule has 1 N–H and O–H groups in total. The van der Waals surface area contributed by atoms with Gasteiger partial charge in [-0.25, -0.2) is 14.2 Å². The van der Waals surface area contributed by atoms with Gasteiger partial charge < -0.3 is 24.6 Å². The van der Waals surface area contributed by atoms with Gasteiger partial charge in [-0.3, -0.25) is 9.20 Å². The van der Waals surface area contributed by atoms with Gasteiger partial charge in [0.05, 0.1) is 23.0 Å². The monoisotopic (exact) mass is 541 g/mol. The number of hydrogen-bond acceptors (Lipinski definition) is 4. The summed E-state index contributed by atoms with van der Waals surface area (Å²) in [7, 11) is 4.17. The Hall–Kier alpha value is -4.18. The Morgan fingerprint density at radius 1 is 1.10 bits per heavy atom. The fourth-order valence-corrected chi connectivity index (χ4v) is 6.58. The lowest BCUT2D eigenvalue weighted by Gasteiger charge is -2.37. The quantitative estimate of drug-likeness (QED) is 0.431. The van der Waals surface area contributed by atoms with Crippen LogP contribution in [0.5, 0.6) is 0 Å². The molecule has 1 saturated heterocycles. The molecule has 9 nitrogen and oxygen atoms in total. The highest BCUT2D eigenvalue weighted by Crippen LogP contribution is 2.38. The van der Waals surface area contributed by atoms with Gasteiger partial charge in [0.1, 0.15) is 11.5 Å². The topological polar surface area (TPSA) is 78.1 Å². The molecular formula is C30H32FN7O2. The third kappa shape index (κ3) is 3.97. The number of urea groups is 1. The molecule has 40 heavy (non-hydrogen) atoms. The zero-order chi connectivity index (χ0) is 27.5. The van der Waals surface area contributed by atoms with Crippen LogP contribution in [0.2, 0.25) is 0 Å². The summed E-state index contributed by atoms with van der Waals surface area (Å²) in [6.07, 6.45) is 7.53. The molecule has 7 rings (SSSR count). The second-order valence-corrected chi connectivity index (χ2v) is 11.2. The number of nitrogens with one attached hydrogen (secondary N) is 1. The maximum Gasteiger partial charge on any atom is 0.320 e. The molecule has 3 aromatic heterocycles. The van der Waals surface area contributed by atoms with E-state index in [2.05, 4.69) is 33.9 Å². The molecule has 0 radical (unpaired) electrons. The summed E-state index contributed by atoms with van der Waals surface area (Å²) in [6.45, 7) is 3.28. The highest BCUT2D eigenvalue weighted by molar-refractivity contribution is 6.31. The molecule has 206 valence electrons. The van der Waals surface area contributed by atoms with Gasteiger partial charge in [-0.1, -0.05) is 6.07 Å². The number of fused-ring (bicyclic) bond motifs is 1. The average Bonchev–Trinajstić information content (AvgIpc) is 3.61. The van der Waals surface area contributed by atoms with Gasteiger partial charge in [0.25, 0.3) is 5.91 Å². The van der Waals surface area contributed by atoms with Crippen molar-refractivity contribution in [1.29, 1.82) is 0 Å². The number of imidazole rings is 1. The maximum absolute atomic E-state index is 15.1. The molecule has 0 atom stereocenters. The second-order valence-electron chi connectivity index (χ2n) is 11.2. The number of carbonyl (C=O) groups is 2. The Bertz CT molecular complexity index is 1690. The molecule has 0 spiro atoms. The molecule has 1 fully saturated rings. The molecule has 4 aromatic rings. The van der Waals surface area contributed by atoms with E-state index in [0.29, 0.717) is 43.5 Å². The van der Waals surface area contributed by atoms with Crippen LogP contribution in [0.4, 0.5) is 9.18 Å². The summed E-state index contributed by atoms with van der Waals surface area (Å²) in [5.74, 6) is -0.517. The minimum absolute atomic E-state index is 0.0174. The number of benzene rings is 1. The number of likely N-dealkylation sites (tertiary alicyclic amines) is 1. The van der Waals surface area contributed by atoms with Crippen LogP contribution in [0.1, 0.15) is 29.7 Å². The third-order valence-corrected chi connectivity index (χ3v) is 8.68. The maximum atomic E-state index is 15.1. The van der Waals surface area contributed by atoms with E-state index in [9.17, 15) is 9.59 Å². The summed E-state index contributed by atoms with van der Waals surface area (Å²) in [5.41, 5.74) is 5.38. The van der Waals surface area contributed by atoms with E-state index in [-0.39, 0.29) is 17.8 Å². The van der Waals surface area contributed by atoms with E-state index in [4.69, 9.17) is 0 Å². The van der Waals surface area contributed by atoms with Crippen LogP contribution in [0.15, 0.2) is 48.9 Å². The predicted molar refractivity (Wildman–Crippen MR) is 151 cm³/mol. The molecule has 0 bridgehead atoms. The third-order valence-electron chi connectivity index (χ3n) is 8.68. The molecule has 3 aliphatic rings. The van der Waals surface area contributed by atoms with Crippen LogP contribution >= 0.6 is 0 Å². The number of nitrogens with zero attached hydrogens (tertiary/aromatic N) is 6. The van der Waals surface area contributed by atoms with Crippen molar-refractivity contribution in [2.75, 3.05) is 40.3 Å². The number of amides is 3. The molecule has 0 aliphatic carbocycles. The van der Waals surface area contributed by atoms with Crippen molar-refractivity contribution in [3.05, 3.63) is 71.6 Å². The van der Waals surface area contributed by atoms with E-state index in [0.717, 1.165) is 59.2 Å². The van der Waals surface area contributed by atoms with Crippen molar-refractivity contribution >= 4 is 39.6 Å². The number of hydrogen-bond donors (Lipinski definition) is 1. The zero-order valence-corrected chi connectivity index (χ0v) is 22.7. The molecule has 3 aliphatic heterocycles. The van der Waals surface area contributed by atoms with E-state index in [1.807, 2.05) is 44.8 Å². The Kier molecular flexibility index (Phi) is 5.88. The minimum atomic E-state index is -0.350. The SMILES string of the molecule is CN(C)C1CCN(C(=O)N2CCn3cc(C4=C(c5cnc6ccccn56)C(=O)NC4)c4cc(F)cc(c43)C2)CC1. The summed E-state index contributed by atoms with van der Waals surface area (Å²) in [5, 5.41) is 3.73. The standard InChI is InChI=1S/C30H32FN7O2/c1-34(2)21-6-9-35(10-7-21)30(40)37-12-11-36-18-24(22-14-20(31)13-19(17-37)28(22)36)23-15-33-29(39)27(23)25-16-32-26-5-3-4-8-38(25)26/h3-5,8,13-14,16,18,21H,6-7,9-12,15,17H2,1-2H3,(H,33,39). The molecule has 0 saturated carbocycles. The molecule has 1 aromatic carbocycles. The molecule has 3 amide bonds. The summed E-state index contributed by atoms with van der Waals surface area (Å²) in [4.78, 5) is 37.1. The summed E-state index contributed by atoms with van der Waals surface area (Å²) in [6, 6.07) is 9.32. The van der Waals surface area contributed by atoms with E-state index >= 15 is 4.39 Å². The number of carbonyl (C=O) groups excluding carboxylic acids is 2. The van der Waals surface area contributed by atoms with Crippen molar-refractivity contribution in [3.8, 4) is 0 Å². The first-order valence-corrected chi connectivity index (χ1v) is 13.8. The first kappa shape index (κ1) is 24.8. The lowest BCUT2D eigenvalue weighted by molar-refractivity contribution is -0.114. The van der Waals surface area contributed by atoms with E-state index < -0.39 is 0 Å². The largest absolute Gasteiger partial charge is 0.348 e. The second kappa shape index (κ2) is 9.48. The van der Waals surface area contributed by atoms with Crippen LogP contribution < -0.4 is 5.32 Å². The van der Waals surface area contributed by atoms with Crippen molar-refractivity contribution in [2.24, 2.45) is 0 Å². The van der Waals surface area contributed by atoms with Gasteiger partial charge in [0, 0.05) is 68.7 Å². The first-order chi connectivity index (χ1) is 19.4. The smallest absolute Gasteiger partial charge is 0.320 e. The van der Waals surface area contributed by atoms with Crippen molar-refractivity contribution in [1.82, 2.24) is 34.0 Å². The molecule has 10 heteroatoms.